The van der Waals surface area contributed by atoms with Crippen LogP contribution in [-0.4, -0.2) is 32.3 Å². The summed E-state index contributed by atoms with van der Waals surface area (Å²) in [5, 5.41) is 8.18. The molecule has 0 heterocycles. The average molecular weight is 382 g/mol. The predicted octanol–water partition coefficient (Wildman–Crippen LogP) is 4.82. The highest BCUT2D eigenvalue weighted by Crippen LogP contribution is 2.15. The Kier molecular flexibility index (Phi) is 9.05. The van der Waals surface area contributed by atoms with Crippen LogP contribution in [0.15, 0.2) is 53.5 Å². The predicted molar refractivity (Wildman–Crippen MR) is 116 cm³/mol. The molecule has 0 bridgehead atoms. The molecular weight excluding hydrogens is 350 g/mol. The Morgan fingerprint density at radius 2 is 1.29 bits per heavy atom. The maximum atomic E-state index is 8.18. The molecule has 0 fully saturated rings. The SMILES string of the molecule is COc1ccc(C(=N)CCCCCCCN=C(N)c2ccc(OC)cc2)cc1. The molecule has 0 atom stereocenters. The lowest BCUT2D eigenvalue weighted by molar-refractivity contribution is 0.414. The van der Waals surface area contributed by atoms with Crippen LogP contribution in [0.5, 0.6) is 11.5 Å². The highest BCUT2D eigenvalue weighted by Gasteiger charge is 2.02. The van der Waals surface area contributed by atoms with Crippen LogP contribution in [0.4, 0.5) is 0 Å². The van der Waals surface area contributed by atoms with Crippen LogP contribution in [0, 0.1) is 5.41 Å². The van der Waals surface area contributed by atoms with E-state index in [2.05, 4.69) is 4.99 Å². The van der Waals surface area contributed by atoms with Gasteiger partial charge in [0, 0.05) is 17.8 Å². The van der Waals surface area contributed by atoms with Crippen molar-refractivity contribution in [1.82, 2.24) is 0 Å². The van der Waals surface area contributed by atoms with Gasteiger partial charge in [-0.15, -0.1) is 0 Å². The molecule has 5 nitrogen and oxygen atoms in total. The van der Waals surface area contributed by atoms with Crippen LogP contribution in [0.3, 0.4) is 0 Å². The van der Waals surface area contributed by atoms with Gasteiger partial charge in [-0.3, -0.25) is 4.99 Å². The molecule has 150 valence electrons. The zero-order chi connectivity index (χ0) is 20.2. The minimum atomic E-state index is 0.579. The van der Waals surface area contributed by atoms with Crippen molar-refractivity contribution in [1.29, 1.82) is 5.41 Å². The quantitative estimate of drug-likeness (QED) is 0.314. The van der Waals surface area contributed by atoms with E-state index >= 15 is 0 Å². The first-order chi connectivity index (χ1) is 13.6. The summed E-state index contributed by atoms with van der Waals surface area (Å²) in [4.78, 5) is 4.46. The van der Waals surface area contributed by atoms with Gasteiger partial charge in [0.1, 0.15) is 17.3 Å². The summed E-state index contributed by atoms with van der Waals surface area (Å²) in [6.07, 6.45) is 6.32. The molecule has 0 saturated carbocycles. The van der Waals surface area contributed by atoms with E-state index in [1.54, 1.807) is 14.2 Å². The second-order valence-electron chi connectivity index (χ2n) is 6.72. The first-order valence-electron chi connectivity index (χ1n) is 9.80. The highest BCUT2D eigenvalue weighted by molar-refractivity contribution is 5.98. The van der Waals surface area contributed by atoms with Crippen molar-refractivity contribution in [2.45, 2.75) is 38.5 Å². The average Bonchev–Trinajstić information content (AvgIpc) is 2.75. The van der Waals surface area contributed by atoms with Gasteiger partial charge in [-0.2, -0.15) is 0 Å². The van der Waals surface area contributed by atoms with E-state index in [4.69, 9.17) is 20.6 Å². The molecule has 0 saturated heterocycles. The summed E-state index contributed by atoms with van der Waals surface area (Å²) in [5.41, 5.74) is 8.63. The molecule has 0 aliphatic carbocycles. The second kappa shape index (κ2) is 11.8. The molecule has 5 heteroatoms. The van der Waals surface area contributed by atoms with Crippen LogP contribution in [0.1, 0.15) is 49.7 Å². The summed E-state index contributed by atoms with van der Waals surface area (Å²) in [5.74, 6) is 2.22. The zero-order valence-electron chi connectivity index (χ0n) is 16.9. The third-order valence-corrected chi connectivity index (χ3v) is 4.69. The number of hydrogen-bond acceptors (Lipinski definition) is 4. The third-order valence-electron chi connectivity index (χ3n) is 4.69. The Bertz CT molecular complexity index is 752. The fourth-order valence-corrected chi connectivity index (χ4v) is 2.93. The second-order valence-corrected chi connectivity index (χ2v) is 6.72. The number of amidine groups is 1. The van der Waals surface area contributed by atoms with Crippen LogP contribution < -0.4 is 15.2 Å². The monoisotopic (exact) mass is 381 g/mol. The fraction of sp³-hybridized carbons (Fsp3) is 0.391. The van der Waals surface area contributed by atoms with E-state index in [0.717, 1.165) is 67.7 Å². The van der Waals surface area contributed by atoms with E-state index < -0.39 is 0 Å². The summed E-state index contributed by atoms with van der Waals surface area (Å²) >= 11 is 0. The maximum absolute atomic E-state index is 8.18. The minimum Gasteiger partial charge on any atom is -0.497 e. The topological polar surface area (TPSA) is 80.7 Å². The number of nitrogens with zero attached hydrogens (tertiary/aromatic N) is 1. The molecule has 2 aromatic rings. The van der Waals surface area contributed by atoms with Crippen LogP contribution in [0.25, 0.3) is 0 Å². The molecule has 28 heavy (non-hydrogen) atoms. The lowest BCUT2D eigenvalue weighted by Crippen LogP contribution is -2.13. The standard InChI is InChI=1S/C23H31N3O2/c1-27-20-13-9-18(10-14-20)22(24)8-6-4-3-5-7-17-26-23(25)19-11-15-21(28-2)16-12-19/h9-16,24H,3-8,17H2,1-2H3,(H2,25,26). The molecular formula is C23H31N3O2. The summed E-state index contributed by atoms with van der Waals surface area (Å²) in [7, 11) is 3.30. The highest BCUT2D eigenvalue weighted by atomic mass is 16.5. The van der Waals surface area contributed by atoms with E-state index in [-0.39, 0.29) is 0 Å². The fourth-order valence-electron chi connectivity index (χ4n) is 2.93. The van der Waals surface area contributed by atoms with Gasteiger partial charge in [-0.05, 0) is 73.4 Å². The van der Waals surface area contributed by atoms with E-state index in [1.807, 2.05) is 48.5 Å². The minimum absolute atomic E-state index is 0.579. The number of aliphatic imine (C=N–C) groups is 1. The number of nitrogens with one attached hydrogen (secondary N) is 1. The molecule has 2 rings (SSSR count). The van der Waals surface area contributed by atoms with Gasteiger partial charge >= 0.3 is 0 Å². The maximum Gasteiger partial charge on any atom is 0.125 e. The first-order valence-corrected chi connectivity index (χ1v) is 9.80. The largest absolute Gasteiger partial charge is 0.497 e. The third kappa shape index (κ3) is 7.06. The Labute approximate surface area is 168 Å². The van der Waals surface area contributed by atoms with Gasteiger partial charge in [-0.25, -0.2) is 0 Å². The Morgan fingerprint density at radius 3 is 1.86 bits per heavy atom. The van der Waals surface area contributed by atoms with Gasteiger partial charge in [0.15, 0.2) is 0 Å². The molecule has 0 amide bonds. The van der Waals surface area contributed by atoms with Crippen molar-refractivity contribution in [3.05, 3.63) is 59.7 Å². The Balaban J connectivity index is 1.57. The number of methoxy groups -OCH3 is 2. The van der Waals surface area contributed by atoms with Crippen molar-refractivity contribution in [3.63, 3.8) is 0 Å². The van der Waals surface area contributed by atoms with Crippen molar-refractivity contribution in [2.24, 2.45) is 10.7 Å². The molecule has 0 radical (unpaired) electrons. The number of nitrogens with two attached hydrogens (primary N) is 1. The van der Waals surface area contributed by atoms with Gasteiger partial charge in [0.25, 0.3) is 0 Å². The van der Waals surface area contributed by atoms with Crippen molar-refractivity contribution in [3.8, 4) is 11.5 Å². The Hall–Kier alpha value is -2.82. The van der Waals surface area contributed by atoms with Crippen molar-refractivity contribution in [2.75, 3.05) is 20.8 Å². The molecule has 0 aliphatic heterocycles. The number of unbranched alkanes of at least 4 members (excludes halogenated alkanes) is 4. The van der Waals surface area contributed by atoms with Crippen molar-refractivity contribution >= 4 is 11.5 Å². The zero-order valence-corrected chi connectivity index (χ0v) is 16.9. The van der Waals surface area contributed by atoms with E-state index in [0.29, 0.717) is 11.5 Å². The molecule has 0 aromatic heterocycles. The van der Waals surface area contributed by atoms with Crippen LogP contribution in [-0.2, 0) is 0 Å². The molecule has 0 aliphatic rings. The summed E-state index contributed by atoms with van der Waals surface area (Å²) in [6.45, 7) is 0.750. The molecule has 0 unspecified atom stereocenters. The Morgan fingerprint density at radius 1 is 0.786 bits per heavy atom. The first kappa shape index (κ1) is 21.5. The lowest BCUT2D eigenvalue weighted by Gasteiger charge is -2.06. The van der Waals surface area contributed by atoms with Crippen LogP contribution in [0.2, 0.25) is 0 Å². The molecule has 3 N–H and O–H groups in total. The van der Waals surface area contributed by atoms with Gasteiger partial charge in [0.05, 0.1) is 14.2 Å². The number of hydrogen-bond donors (Lipinski definition) is 2. The number of benzene rings is 2. The van der Waals surface area contributed by atoms with Gasteiger partial charge in [0.2, 0.25) is 0 Å². The van der Waals surface area contributed by atoms with E-state index in [1.165, 1.54) is 0 Å². The normalized spacial score (nSPS) is 11.3. The smallest absolute Gasteiger partial charge is 0.125 e. The summed E-state index contributed by atoms with van der Waals surface area (Å²) < 4.78 is 10.3. The number of ether oxygens (including phenoxy) is 2. The lowest BCUT2D eigenvalue weighted by atomic mass is 10.0. The number of rotatable bonds is 12. The van der Waals surface area contributed by atoms with Gasteiger partial charge in [-0.1, -0.05) is 19.3 Å². The van der Waals surface area contributed by atoms with E-state index in [9.17, 15) is 0 Å². The van der Waals surface area contributed by atoms with Crippen LogP contribution >= 0.6 is 0 Å². The summed E-state index contributed by atoms with van der Waals surface area (Å²) in [6, 6.07) is 15.3. The molecule has 0 spiro atoms. The van der Waals surface area contributed by atoms with Crippen molar-refractivity contribution < 1.29 is 9.47 Å². The molecule has 2 aromatic carbocycles. The van der Waals surface area contributed by atoms with Gasteiger partial charge < -0.3 is 20.6 Å².